The first-order chi connectivity index (χ1) is 13.5. The summed E-state index contributed by atoms with van der Waals surface area (Å²) in [5.41, 5.74) is 1.80. The Hall–Kier alpha value is -2.99. The molecule has 0 bridgehead atoms. The minimum atomic E-state index is -1.02. The largest absolute Gasteiger partial charge is 0.325 e. The summed E-state index contributed by atoms with van der Waals surface area (Å²) < 4.78 is 1.03. The molecule has 1 spiro atoms. The Balaban J connectivity index is 1.46. The number of urea groups is 1. The van der Waals surface area contributed by atoms with E-state index in [1.807, 2.05) is 55.5 Å². The van der Waals surface area contributed by atoms with Gasteiger partial charge in [-0.3, -0.25) is 14.5 Å². The van der Waals surface area contributed by atoms with E-state index in [9.17, 15) is 14.4 Å². The molecule has 28 heavy (non-hydrogen) atoms. The van der Waals surface area contributed by atoms with Gasteiger partial charge in [0.2, 0.25) is 0 Å². The summed E-state index contributed by atoms with van der Waals surface area (Å²) in [5, 5.41) is 3.91. The van der Waals surface area contributed by atoms with E-state index >= 15 is 0 Å². The Morgan fingerprint density at radius 1 is 1.14 bits per heavy atom. The van der Waals surface area contributed by atoms with Gasteiger partial charge in [-0.2, -0.15) is 0 Å². The third-order valence-electron chi connectivity index (χ3n) is 5.82. The molecule has 1 fully saturated rings. The molecule has 2 heterocycles. The van der Waals surface area contributed by atoms with E-state index in [-0.39, 0.29) is 18.2 Å². The fraction of sp³-hybridized carbons (Fsp3) is 0.227. The van der Waals surface area contributed by atoms with Crippen molar-refractivity contribution in [2.45, 2.75) is 25.3 Å². The van der Waals surface area contributed by atoms with Crippen molar-refractivity contribution in [3.63, 3.8) is 0 Å². The SMILES string of the molecule is Cc1c(C(=O)CN2C(=O)N[C@]3(CCc4ccccc43)C2=O)sc2ccccc12. The molecule has 1 aromatic heterocycles. The Kier molecular flexibility index (Phi) is 3.67. The molecule has 1 atom stereocenters. The summed E-state index contributed by atoms with van der Waals surface area (Å²) in [4.78, 5) is 40.5. The first-order valence-electron chi connectivity index (χ1n) is 9.25. The van der Waals surface area contributed by atoms with Gasteiger partial charge in [-0.1, -0.05) is 42.5 Å². The van der Waals surface area contributed by atoms with Crippen LogP contribution >= 0.6 is 11.3 Å². The lowest BCUT2D eigenvalue weighted by Gasteiger charge is -2.22. The standard InChI is InChI=1S/C22H18N2O3S/c1-13-15-7-3-5-9-18(15)28-19(13)17(25)12-24-20(26)22(23-21(24)27)11-10-14-6-2-4-8-16(14)22/h2-9H,10-12H2,1H3,(H,23,27)/t22-/m0/s1. The number of nitrogens with one attached hydrogen (secondary N) is 1. The van der Waals surface area contributed by atoms with Crippen LogP contribution in [0.3, 0.4) is 0 Å². The maximum atomic E-state index is 13.2. The molecule has 0 radical (unpaired) electrons. The number of hydrogen-bond acceptors (Lipinski definition) is 4. The van der Waals surface area contributed by atoms with Gasteiger partial charge in [0, 0.05) is 4.70 Å². The number of Topliss-reactive ketones (excluding diaryl/α,β-unsaturated/α-hetero) is 1. The number of aryl methyl sites for hydroxylation is 2. The first kappa shape index (κ1) is 17.1. The molecule has 3 amide bonds. The molecule has 6 heteroatoms. The third kappa shape index (κ3) is 2.27. The second kappa shape index (κ2) is 6.01. The van der Waals surface area contributed by atoms with E-state index in [1.54, 1.807) is 0 Å². The zero-order valence-electron chi connectivity index (χ0n) is 15.3. The van der Waals surface area contributed by atoms with Crippen LogP contribution in [0.5, 0.6) is 0 Å². The van der Waals surface area contributed by atoms with Gasteiger partial charge in [0.15, 0.2) is 5.78 Å². The molecule has 1 aliphatic heterocycles. The molecule has 2 aromatic carbocycles. The van der Waals surface area contributed by atoms with Crippen molar-refractivity contribution in [2.75, 3.05) is 6.54 Å². The molecular formula is C22H18N2O3S. The van der Waals surface area contributed by atoms with Crippen LogP contribution in [-0.4, -0.2) is 29.2 Å². The number of amides is 3. The molecule has 1 N–H and O–H groups in total. The normalized spacial score (nSPS) is 20.8. The summed E-state index contributed by atoms with van der Waals surface area (Å²) >= 11 is 1.41. The average Bonchev–Trinajstić information content (AvgIpc) is 3.32. The zero-order valence-corrected chi connectivity index (χ0v) is 16.1. The predicted molar refractivity (Wildman–Crippen MR) is 108 cm³/mol. The van der Waals surface area contributed by atoms with Gasteiger partial charge in [-0.05, 0) is 47.9 Å². The summed E-state index contributed by atoms with van der Waals surface area (Å²) in [6, 6.07) is 15.0. The van der Waals surface area contributed by atoms with Crippen molar-refractivity contribution < 1.29 is 14.4 Å². The maximum Gasteiger partial charge on any atom is 0.325 e. The molecule has 1 aliphatic carbocycles. The van der Waals surface area contributed by atoms with Crippen LogP contribution in [0.4, 0.5) is 4.79 Å². The van der Waals surface area contributed by atoms with Gasteiger partial charge in [-0.15, -0.1) is 11.3 Å². The first-order valence-corrected chi connectivity index (χ1v) is 10.1. The van der Waals surface area contributed by atoms with Crippen molar-refractivity contribution in [3.8, 4) is 0 Å². The van der Waals surface area contributed by atoms with Gasteiger partial charge >= 0.3 is 6.03 Å². The fourth-order valence-corrected chi connectivity index (χ4v) is 5.53. The monoisotopic (exact) mass is 390 g/mol. The number of fused-ring (bicyclic) bond motifs is 3. The minimum absolute atomic E-state index is 0.203. The molecule has 1 saturated heterocycles. The lowest BCUT2D eigenvalue weighted by atomic mass is 9.92. The number of nitrogens with zero attached hydrogens (tertiary/aromatic N) is 1. The Morgan fingerprint density at radius 3 is 2.71 bits per heavy atom. The molecule has 5 rings (SSSR count). The van der Waals surface area contributed by atoms with Gasteiger partial charge in [0.25, 0.3) is 5.91 Å². The topological polar surface area (TPSA) is 66.5 Å². The predicted octanol–water partition coefficient (Wildman–Crippen LogP) is 3.79. The number of rotatable bonds is 3. The van der Waals surface area contributed by atoms with E-state index in [1.165, 1.54) is 11.3 Å². The van der Waals surface area contributed by atoms with Crippen molar-refractivity contribution in [2.24, 2.45) is 0 Å². The summed E-state index contributed by atoms with van der Waals surface area (Å²) in [6.45, 7) is 1.68. The van der Waals surface area contributed by atoms with Gasteiger partial charge in [-0.25, -0.2) is 4.79 Å². The Morgan fingerprint density at radius 2 is 1.89 bits per heavy atom. The lowest BCUT2D eigenvalue weighted by Crippen LogP contribution is -2.42. The quantitative estimate of drug-likeness (QED) is 0.547. The van der Waals surface area contributed by atoms with Gasteiger partial charge < -0.3 is 5.32 Å². The summed E-state index contributed by atoms with van der Waals surface area (Å²) in [5.74, 6) is -0.528. The summed E-state index contributed by atoms with van der Waals surface area (Å²) in [7, 11) is 0. The molecule has 140 valence electrons. The summed E-state index contributed by atoms with van der Waals surface area (Å²) in [6.07, 6.45) is 1.27. The molecule has 0 unspecified atom stereocenters. The Bertz CT molecular complexity index is 1170. The number of carbonyl (C=O) groups is 3. The van der Waals surface area contributed by atoms with E-state index < -0.39 is 11.6 Å². The van der Waals surface area contributed by atoms with Crippen LogP contribution in [0.1, 0.15) is 32.8 Å². The van der Waals surface area contributed by atoms with Crippen LogP contribution in [-0.2, 0) is 16.8 Å². The van der Waals surface area contributed by atoms with E-state index in [2.05, 4.69) is 5.32 Å². The number of ketones is 1. The number of imide groups is 1. The van der Waals surface area contributed by atoms with E-state index in [4.69, 9.17) is 0 Å². The molecular weight excluding hydrogens is 372 g/mol. The van der Waals surface area contributed by atoms with Gasteiger partial charge in [0.05, 0.1) is 11.4 Å². The van der Waals surface area contributed by atoms with Crippen molar-refractivity contribution in [1.82, 2.24) is 10.2 Å². The van der Waals surface area contributed by atoms with E-state index in [0.29, 0.717) is 11.3 Å². The highest BCUT2D eigenvalue weighted by Crippen LogP contribution is 2.41. The van der Waals surface area contributed by atoms with Crippen molar-refractivity contribution in [1.29, 1.82) is 0 Å². The smallest absolute Gasteiger partial charge is 0.319 e. The molecule has 2 aliphatic rings. The third-order valence-corrected chi connectivity index (χ3v) is 7.13. The number of carbonyl (C=O) groups excluding carboxylic acids is 3. The van der Waals surface area contributed by atoms with Crippen molar-refractivity contribution >= 4 is 39.1 Å². The molecule has 5 nitrogen and oxygen atoms in total. The zero-order chi connectivity index (χ0) is 19.5. The highest BCUT2D eigenvalue weighted by molar-refractivity contribution is 7.21. The number of hydrogen-bond donors (Lipinski definition) is 1. The lowest BCUT2D eigenvalue weighted by molar-refractivity contribution is -0.131. The Labute approximate surface area is 166 Å². The molecule has 3 aromatic rings. The highest BCUT2D eigenvalue weighted by Gasteiger charge is 2.55. The van der Waals surface area contributed by atoms with Crippen LogP contribution in [0, 0.1) is 6.92 Å². The van der Waals surface area contributed by atoms with Crippen molar-refractivity contribution in [3.05, 3.63) is 70.1 Å². The second-order valence-corrected chi connectivity index (χ2v) is 8.41. The van der Waals surface area contributed by atoms with Gasteiger partial charge in [0.1, 0.15) is 5.54 Å². The number of thiophene rings is 1. The number of benzene rings is 2. The minimum Gasteiger partial charge on any atom is -0.319 e. The van der Waals surface area contributed by atoms with Crippen LogP contribution in [0.15, 0.2) is 48.5 Å². The highest BCUT2D eigenvalue weighted by atomic mass is 32.1. The van der Waals surface area contributed by atoms with E-state index in [0.717, 1.165) is 38.1 Å². The molecule has 0 saturated carbocycles. The van der Waals surface area contributed by atoms with Crippen LogP contribution in [0.2, 0.25) is 0 Å². The average molecular weight is 390 g/mol. The van der Waals surface area contributed by atoms with Crippen LogP contribution < -0.4 is 5.32 Å². The fourth-order valence-electron chi connectivity index (χ4n) is 4.39. The second-order valence-electron chi connectivity index (χ2n) is 7.36. The maximum absolute atomic E-state index is 13.2. The van der Waals surface area contributed by atoms with Crippen LogP contribution in [0.25, 0.3) is 10.1 Å².